The Morgan fingerprint density at radius 2 is 1.73 bits per heavy atom. The third kappa shape index (κ3) is 19.1. The minimum absolute atomic E-state index is 0.168. The predicted molar refractivity (Wildman–Crippen MR) is 172 cm³/mol. The molecule has 244 valence electrons. The van der Waals surface area contributed by atoms with E-state index >= 15 is 0 Å². The third-order valence-electron chi connectivity index (χ3n) is 6.47. The van der Waals surface area contributed by atoms with Gasteiger partial charge in [0.05, 0.1) is 6.07 Å². The van der Waals surface area contributed by atoms with E-state index in [0.717, 1.165) is 36.9 Å². The summed E-state index contributed by atoms with van der Waals surface area (Å²) in [6.45, 7) is 11.1. The molecule has 1 aliphatic carbocycles. The highest BCUT2D eigenvalue weighted by Gasteiger charge is 2.32. The van der Waals surface area contributed by atoms with E-state index in [1.807, 2.05) is 35.2 Å². The van der Waals surface area contributed by atoms with Crippen molar-refractivity contribution < 1.29 is 23.7 Å². The Labute approximate surface area is 262 Å². The Morgan fingerprint density at radius 3 is 2.16 bits per heavy atom. The lowest BCUT2D eigenvalue weighted by atomic mass is 9.86. The van der Waals surface area contributed by atoms with Crippen molar-refractivity contribution in [1.82, 2.24) is 15.4 Å². The topological polar surface area (TPSA) is 171 Å². The average Bonchev–Trinajstić information content (AvgIpc) is 3.63. The molecule has 11 heteroatoms. The highest BCUT2D eigenvalue weighted by Crippen LogP contribution is 2.29. The number of para-hydroxylation sites is 1. The number of aryl methyl sites for hydroxylation is 1. The van der Waals surface area contributed by atoms with Crippen LogP contribution in [0.25, 0.3) is 0 Å². The third-order valence-corrected chi connectivity index (χ3v) is 6.47. The predicted octanol–water partition coefficient (Wildman–Crippen LogP) is 5.47. The number of carbonyl (C=O) groups excluding carboxylic acids is 4. The van der Waals surface area contributed by atoms with E-state index in [4.69, 9.17) is 15.8 Å². The SMILES string of the molecule is CC(C)C.CC1CC(C#N)N(C(=O)CCC2CCCCC2)C1.CNC=O.Cc1cc(C(N)=O)no1.O=CNc1ccccc1. The molecular formula is C33H52N6O5. The first-order valence-corrected chi connectivity index (χ1v) is 15.3. The summed E-state index contributed by atoms with van der Waals surface area (Å²) in [7, 11) is 1.56. The van der Waals surface area contributed by atoms with Gasteiger partial charge in [-0.15, -0.1) is 0 Å². The molecule has 2 aromatic rings. The van der Waals surface area contributed by atoms with Crippen molar-refractivity contribution in [1.29, 1.82) is 5.26 Å². The van der Waals surface area contributed by atoms with Crippen molar-refractivity contribution in [2.45, 2.75) is 92.0 Å². The second kappa shape index (κ2) is 24.3. The lowest BCUT2D eigenvalue weighted by molar-refractivity contribution is -0.131. The van der Waals surface area contributed by atoms with Crippen LogP contribution in [-0.2, 0) is 14.4 Å². The first kappa shape index (κ1) is 39.8. The summed E-state index contributed by atoms with van der Waals surface area (Å²) >= 11 is 0. The molecule has 4 N–H and O–H groups in total. The number of rotatable bonds is 7. The van der Waals surface area contributed by atoms with E-state index in [1.54, 1.807) is 14.0 Å². The number of nitrogens with zero attached hydrogens (tertiary/aromatic N) is 3. The van der Waals surface area contributed by atoms with Gasteiger partial charge < -0.3 is 25.8 Å². The summed E-state index contributed by atoms with van der Waals surface area (Å²) in [6, 6.07) is 12.9. The molecule has 1 aromatic carbocycles. The molecule has 0 spiro atoms. The van der Waals surface area contributed by atoms with Crippen LogP contribution in [0.1, 0.15) is 95.3 Å². The normalized spacial score (nSPS) is 16.9. The van der Waals surface area contributed by atoms with Gasteiger partial charge in [0.2, 0.25) is 18.7 Å². The van der Waals surface area contributed by atoms with Crippen LogP contribution in [0, 0.1) is 36.0 Å². The van der Waals surface area contributed by atoms with Crippen LogP contribution >= 0.6 is 0 Å². The molecule has 2 aliphatic rings. The Kier molecular flexibility index (Phi) is 21.9. The molecule has 4 amide bonds. The molecular weight excluding hydrogens is 560 g/mol. The fourth-order valence-corrected chi connectivity index (χ4v) is 4.48. The molecule has 1 saturated carbocycles. The summed E-state index contributed by atoms with van der Waals surface area (Å²) in [5.41, 5.74) is 5.87. The zero-order valence-corrected chi connectivity index (χ0v) is 27.3. The van der Waals surface area contributed by atoms with Crippen molar-refractivity contribution in [3.63, 3.8) is 0 Å². The van der Waals surface area contributed by atoms with Crippen molar-refractivity contribution in [3.05, 3.63) is 47.9 Å². The van der Waals surface area contributed by atoms with Crippen molar-refractivity contribution in [2.24, 2.45) is 23.5 Å². The molecule has 4 rings (SSSR count). The van der Waals surface area contributed by atoms with Crippen molar-refractivity contribution >= 4 is 30.3 Å². The number of amides is 4. The largest absolute Gasteiger partial charge is 0.364 e. The minimum Gasteiger partial charge on any atom is -0.364 e. The van der Waals surface area contributed by atoms with Gasteiger partial charge in [0.25, 0.3) is 5.91 Å². The van der Waals surface area contributed by atoms with E-state index in [-0.39, 0.29) is 17.6 Å². The van der Waals surface area contributed by atoms with E-state index in [9.17, 15) is 14.4 Å². The number of nitrogens with two attached hydrogens (primary N) is 1. The number of likely N-dealkylation sites (tertiary alicyclic amines) is 1. The van der Waals surface area contributed by atoms with E-state index in [0.29, 0.717) is 30.9 Å². The van der Waals surface area contributed by atoms with Gasteiger partial charge in [0.1, 0.15) is 11.8 Å². The standard InChI is InChI=1S/C15H24N2O.C7H7NO.C5H6N2O2.C4H10.C2H5NO/c1-12-9-14(10-16)17(11-12)15(18)8-7-13-5-3-2-4-6-13;9-6-8-7-4-2-1-3-5-7;1-3-2-4(5(6)8)7-9-3;1-4(2)3;1-3-2-4/h12-14H,2-9,11H2,1H3;1-6H,(H,8,9);2H,1H3,(H2,6,8);4H,1-3H3;2H,1H3,(H,3,4). The number of nitriles is 1. The molecule has 2 unspecified atom stereocenters. The molecule has 1 saturated heterocycles. The fourth-order valence-electron chi connectivity index (χ4n) is 4.48. The Hall–Kier alpha value is -4.20. The van der Waals surface area contributed by atoms with Crippen LogP contribution in [0.5, 0.6) is 0 Å². The summed E-state index contributed by atoms with van der Waals surface area (Å²) in [6.07, 6.45) is 10.4. The molecule has 0 radical (unpaired) electrons. The fraction of sp³-hybridized carbons (Fsp3) is 0.576. The van der Waals surface area contributed by atoms with Crippen LogP contribution in [0.4, 0.5) is 5.69 Å². The molecule has 0 bridgehead atoms. The lowest BCUT2D eigenvalue weighted by Gasteiger charge is -2.24. The van der Waals surface area contributed by atoms with Crippen LogP contribution < -0.4 is 16.4 Å². The van der Waals surface area contributed by atoms with Gasteiger partial charge in [0, 0.05) is 31.8 Å². The van der Waals surface area contributed by atoms with Gasteiger partial charge in [-0.1, -0.05) is 83.2 Å². The molecule has 1 aliphatic heterocycles. The Morgan fingerprint density at radius 1 is 1.14 bits per heavy atom. The van der Waals surface area contributed by atoms with Crippen LogP contribution in [0.3, 0.4) is 0 Å². The smallest absolute Gasteiger partial charge is 0.270 e. The second-order valence-corrected chi connectivity index (χ2v) is 11.5. The second-order valence-electron chi connectivity index (χ2n) is 11.5. The molecule has 2 heterocycles. The molecule has 2 atom stereocenters. The highest BCUT2D eigenvalue weighted by atomic mass is 16.5. The van der Waals surface area contributed by atoms with Gasteiger partial charge in [0.15, 0.2) is 5.69 Å². The molecule has 2 fully saturated rings. The number of benzene rings is 1. The van der Waals surface area contributed by atoms with Gasteiger partial charge in [-0.05, 0) is 49.7 Å². The van der Waals surface area contributed by atoms with E-state index in [1.165, 1.54) is 38.2 Å². The maximum atomic E-state index is 12.2. The van der Waals surface area contributed by atoms with E-state index < -0.39 is 5.91 Å². The average molecular weight is 613 g/mol. The van der Waals surface area contributed by atoms with Crippen molar-refractivity contribution in [2.75, 3.05) is 18.9 Å². The number of aromatic nitrogens is 1. The molecule has 44 heavy (non-hydrogen) atoms. The number of primary amides is 1. The van der Waals surface area contributed by atoms with Gasteiger partial charge in [-0.2, -0.15) is 5.26 Å². The monoisotopic (exact) mass is 612 g/mol. The number of hydrogen-bond donors (Lipinski definition) is 3. The van der Waals surface area contributed by atoms with Crippen molar-refractivity contribution in [3.8, 4) is 6.07 Å². The summed E-state index contributed by atoms with van der Waals surface area (Å²) in [5, 5.41) is 17.2. The van der Waals surface area contributed by atoms with Gasteiger partial charge in [-0.25, -0.2) is 0 Å². The Bertz CT molecular complexity index is 1110. The van der Waals surface area contributed by atoms with Gasteiger partial charge >= 0.3 is 0 Å². The number of anilines is 1. The zero-order chi connectivity index (χ0) is 33.3. The van der Waals surface area contributed by atoms with Crippen LogP contribution in [0.2, 0.25) is 0 Å². The van der Waals surface area contributed by atoms with Gasteiger partial charge in [-0.3, -0.25) is 19.2 Å². The Balaban J connectivity index is 0.000000600. The van der Waals surface area contributed by atoms with Crippen LogP contribution in [-0.4, -0.2) is 54.3 Å². The summed E-state index contributed by atoms with van der Waals surface area (Å²) in [5.74, 6) is 2.30. The number of hydrogen-bond acceptors (Lipinski definition) is 7. The quantitative estimate of drug-likeness (QED) is 0.348. The highest BCUT2D eigenvalue weighted by molar-refractivity contribution is 5.90. The van der Waals surface area contributed by atoms with Crippen LogP contribution in [0.15, 0.2) is 40.9 Å². The molecule has 11 nitrogen and oxygen atoms in total. The first-order valence-electron chi connectivity index (χ1n) is 15.3. The summed E-state index contributed by atoms with van der Waals surface area (Å²) in [4.78, 5) is 43.2. The van der Waals surface area contributed by atoms with E-state index in [2.05, 4.69) is 54.1 Å². The summed E-state index contributed by atoms with van der Waals surface area (Å²) < 4.78 is 4.57. The number of carbonyl (C=O) groups is 4. The minimum atomic E-state index is -0.563. The maximum Gasteiger partial charge on any atom is 0.270 e. The maximum absolute atomic E-state index is 12.2. The number of nitrogens with one attached hydrogen (secondary N) is 2. The lowest BCUT2D eigenvalue weighted by Crippen LogP contribution is -2.35. The zero-order valence-electron chi connectivity index (χ0n) is 27.3. The molecule has 1 aromatic heterocycles. The first-order chi connectivity index (χ1) is 21.0.